The Kier molecular flexibility index (Phi) is 5.28. The maximum Gasteiger partial charge on any atom is 0.325 e. The topological polar surface area (TPSA) is 90.9 Å². The summed E-state index contributed by atoms with van der Waals surface area (Å²) < 4.78 is 19.6. The zero-order valence-corrected chi connectivity index (χ0v) is 16.9. The molecule has 0 saturated carbocycles. The predicted octanol–water partition coefficient (Wildman–Crippen LogP) is 0.999. The molecule has 3 aliphatic heterocycles. The van der Waals surface area contributed by atoms with Crippen molar-refractivity contribution in [1.29, 1.82) is 0 Å². The van der Waals surface area contributed by atoms with Crippen molar-refractivity contribution < 1.29 is 18.7 Å². The Morgan fingerprint density at radius 1 is 1.17 bits per heavy atom. The molecule has 0 bridgehead atoms. The number of imide groups is 1. The van der Waals surface area contributed by atoms with Crippen LogP contribution in [0.2, 0.25) is 0 Å². The van der Waals surface area contributed by atoms with Gasteiger partial charge in [0.1, 0.15) is 5.54 Å². The van der Waals surface area contributed by atoms with E-state index in [2.05, 4.69) is 15.3 Å². The molecule has 0 unspecified atom stereocenters. The number of hydrogen-bond acceptors (Lipinski definition) is 7. The molecule has 1 spiro atoms. The number of urea groups is 1. The number of nitrogens with one attached hydrogen (secondary N) is 1. The molecule has 0 radical (unpaired) electrons. The van der Waals surface area contributed by atoms with Gasteiger partial charge in [0.15, 0.2) is 11.6 Å². The van der Waals surface area contributed by atoms with Crippen LogP contribution < -0.4 is 15.1 Å². The lowest BCUT2D eigenvalue weighted by Crippen LogP contribution is -2.57. The minimum atomic E-state index is -0.815. The van der Waals surface area contributed by atoms with Crippen molar-refractivity contribution >= 4 is 23.7 Å². The van der Waals surface area contributed by atoms with Gasteiger partial charge in [0.25, 0.3) is 5.91 Å². The quantitative estimate of drug-likeness (QED) is 0.746. The van der Waals surface area contributed by atoms with Crippen molar-refractivity contribution in [3.05, 3.63) is 12.0 Å². The number of carbonyl (C=O) groups is 2. The van der Waals surface area contributed by atoms with Crippen molar-refractivity contribution in [1.82, 2.24) is 20.2 Å². The van der Waals surface area contributed by atoms with Gasteiger partial charge in [0.2, 0.25) is 5.95 Å². The van der Waals surface area contributed by atoms with Crippen LogP contribution in [-0.2, 0) is 9.53 Å². The van der Waals surface area contributed by atoms with Crippen LogP contribution >= 0.6 is 0 Å². The maximum atomic E-state index is 14.3. The van der Waals surface area contributed by atoms with Gasteiger partial charge in [-0.2, -0.15) is 4.98 Å². The normalized spacial score (nSPS) is 22.0. The molecule has 1 aromatic rings. The second-order valence-corrected chi connectivity index (χ2v) is 8.22. The first-order chi connectivity index (χ1) is 13.9. The van der Waals surface area contributed by atoms with Crippen LogP contribution in [-0.4, -0.2) is 78.3 Å². The van der Waals surface area contributed by atoms with Gasteiger partial charge in [-0.3, -0.25) is 10.1 Å². The third kappa shape index (κ3) is 3.61. The fraction of sp³-hybridized carbons (Fsp3) is 0.684. The van der Waals surface area contributed by atoms with Crippen LogP contribution in [0, 0.1) is 11.7 Å². The minimum Gasteiger partial charge on any atom is -0.378 e. The Morgan fingerprint density at radius 2 is 1.86 bits per heavy atom. The first kappa shape index (κ1) is 19.8. The smallest absolute Gasteiger partial charge is 0.325 e. The van der Waals surface area contributed by atoms with Gasteiger partial charge in [-0.15, -0.1) is 0 Å². The van der Waals surface area contributed by atoms with E-state index < -0.39 is 11.4 Å². The summed E-state index contributed by atoms with van der Waals surface area (Å²) in [6.07, 6.45) is 2.18. The van der Waals surface area contributed by atoms with Gasteiger partial charge in [-0.25, -0.2) is 14.2 Å². The number of amides is 3. The van der Waals surface area contributed by atoms with Gasteiger partial charge in [-0.1, -0.05) is 13.8 Å². The Balaban J connectivity index is 1.51. The SMILES string of the molecule is CC(C)CN1C(=O)NC(=O)C12CCN(c1ncc(F)c(N3CCOCC3)n1)CC2. The molecule has 29 heavy (non-hydrogen) atoms. The molecule has 3 aliphatic rings. The number of halogens is 1. The van der Waals surface area contributed by atoms with E-state index in [1.54, 1.807) is 4.90 Å². The summed E-state index contributed by atoms with van der Waals surface area (Å²) in [6.45, 7) is 7.88. The lowest BCUT2D eigenvalue weighted by Gasteiger charge is -2.42. The molecule has 9 nitrogen and oxygen atoms in total. The second kappa shape index (κ2) is 7.74. The third-order valence-electron chi connectivity index (χ3n) is 5.85. The number of hydrogen-bond donors (Lipinski definition) is 1. The average molecular weight is 406 g/mol. The van der Waals surface area contributed by atoms with Gasteiger partial charge < -0.3 is 19.4 Å². The summed E-state index contributed by atoms with van der Waals surface area (Å²) in [5.74, 6) is 0.319. The van der Waals surface area contributed by atoms with E-state index >= 15 is 0 Å². The van der Waals surface area contributed by atoms with Crippen molar-refractivity contribution in [2.75, 3.05) is 55.7 Å². The van der Waals surface area contributed by atoms with Crippen molar-refractivity contribution in [3.8, 4) is 0 Å². The number of carbonyl (C=O) groups excluding carboxylic acids is 2. The summed E-state index contributed by atoms with van der Waals surface area (Å²) in [5, 5.41) is 2.48. The van der Waals surface area contributed by atoms with Gasteiger partial charge in [0, 0.05) is 32.7 Å². The summed E-state index contributed by atoms with van der Waals surface area (Å²) >= 11 is 0. The molecule has 4 rings (SSSR count). The Labute approximate surface area is 169 Å². The molecule has 0 aliphatic carbocycles. The van der Waals surface area contributed by atoms with E-state index in [0.29, 0.717) is 64.7 Å². The van der Waals surface area contributed by atoms with Crippen LogP contribution in [0.5, 0.6) is 0 Å². The number of morpholine rings is 1. The van der Waals surface area contributed by atoms with Crippen LogP contribution in [0.4, 0.5) is 21.0 Å². The third-order valence-corrected chi connectivity index (χ3v) is 5.85. The largest absolute Gasteiger partial charge is 0.378 e. The molecule has 0 aromatic carbocycles. The highest BCUT2D eigenvalue weighted by Gasteiger charge is 2.54. The highest BCUT2D eigenvalue weighted by atomic mass is 19.1. The molecular weight excluding hydrogens is 379 g/mol. The molecule has 3 saturated heterocycles. The lowest BCUT2D eigenvalue weighted by molar-refractivity contribution is -0.127. The zero-order valence-electron chi connectivity index (χ0n) is 16.9. The predicted molar refractivity (Wildman–Crippen MR) is 104 cm³/mol. The highest BCUT2D eigenvalue weighted by Crippen LogP contribution is 2.35. The summed E-state index contributed by atoms with van der Waals surface area (Å²) in [7, 11) is 0. The number of piperidine rings is 1. The molecule has 10 heteroatoms. The molecule has 3 amide bonds. The molecule has 1 N–H and O–H groups in total. The molecule has 3 fully saturated rings. The first-order valence-corrected chi connectivity index (χ1v) is 10.1. The van der Waals surface area contributed by atoms with E-state index in [4.69, 9.17) is 4.74 Å². The minimum absolute atomic E-state index is 0.225. The van der Waals surface area contributed by atoms with Gasteiger partial charge in [0.05, 0.1) is 19.4 Å². The highest BCUT2D eigenvalue weighted by molar-refractivity contribution is 6.07. The number of aromatic nitrogens is 2. The van der Waals surface area contributed by atoms with Gasteiger partial charge in [-0.05, 0) is 18.8 Å². The Bertz CT molecular complexity index is 790. The Hall–Kier alpha value is -2.49. The van der Waals surface area contributed by atoms with Crippen LogP contribution in [0.1, 0.15) is 26.7 Å². The average Bonchev–Trinajstić information content (AvgIpc) is 2.93. The van der Waals surface area contributed by atoms with E-state index in [-0.39, 0.29) is 23.7 Å². The lowest BCUT2D eigenvalue weighted by atomic mass is 9.85. The molecule has 1 aromatic heterocycles. The molecule has 0 atom stereocenters. The fourth-order valence-corrected chi connectivity index (χ4v) is 4.29. The maximum absolute atomic E-state index is 14.3. The monoisotopic (exact) mass is 406 g/mol. The van der Waals surface area contributed by atoms with Crippen molar-refractivity contribution in [2.45, 2.75) is 32.2 Å². The molecule has 158 valence electrons. The van der Waals surface area contributed by atoms with E-state index in [0.717, 1.165) is 0 Å². The fourth-order valence-electron chi connectivity index (χ4n) is 4.29. The van der Waals surface area contributed by atoms with Crippen LogP contribution in [0.3, 0.4) is 0 Å². The summed E-state index contributed by atoms with van der Waals surface area (Å²) in [5.41, 5.74) is -0.815. The van der Waals surface area contributed by atoms with Crippen LogP contribution in [0.25, 0.3) is 0 Å². The summed E-state index contributed by atoms with van der Waals surface area (Å²) in [4.78, 5) is 39.1. The van der Waals surface area contributed by atoms with Crippen LogP contribution in [0.15, 0.2) is 6.20 Å². The van der Waals surface area contributed by atoms with Gasteiger partial charge >= 0.3 is 6.03 Å². The van der Waals surface area contributed by atoms with Crippen molar-refractivity contribution in [2.24, 2.45) is 5.92 Å². The van der Waals surface area contributed by atoms with Crippen molar-refractivity contribution in [3.63, 3.8) is 0 Å². The zero-order chi connectivity index (χ0) is 20.6. The standard InChI is InChI=1S/C19H27FN6O3/c1-13(2)12-26-18(28)23-16(27)19(26)3-5-25(6-4-19)17-21-11-14(20)15(22-17)24-7-9-29-10-8-24/h11,13H,3-10,12H2,1-2H3,(H,23,27,28). The number of rotatable bonds is 4. The Morgan fingerprint density at radius 3 is 2.52 bits per heavy atom. The number of anilines is 2. The van der Waals surface area contributed by atoms with E-state index in [1.165, 1.54) is 6.20 Å². The summed E-state index contributed by atoms with van der Waals surface area (Å²) in [6, 6.07) is -0.315. The van der Waals surface area contributed by atoms with E-state index in [9.17, 15) is 14.0 Å². The molecular formula is C19H27FN6O3. The molecule has 4 heterocycles. The number of nitrogens with zero attached hydrogens (tertiary/aromatic N) is 5. The second-order valence-electron chi connectivity index (χ2n) is 8.22. The number of ether oxygens (including phenoxy) is 1. The van der Waals surface area contributed by atoms with E-state index in [1.807, 2.05) is 23.6 Å². The first-order valence-electron chi connectivity index (χ1n) is 10.1.